The summed E-state index contributed by atoms with van der Waals surface area (Å²) in [5.74, 6) is 5.87. The normalized spacial score (nSPS) is 26.9. The molecule has 3 N–H and O–H groups in total. The van der Waals surface area contributed by atoms with Crippen molar-refractivity contribution in [3.63, 3.8) is 0 Å². The number of carboxylic acid groups (broad SMARTS) is 1. The van der Waals surface area contributed by atoms with Gasteiger partial charge in [-0.1, -0.05) is 37.3 Å². The number of carbonyl (C=O) groups is 1. The minimum atomic E-state index is -0.790. The maximum atomic E-state index is 10.8. The molecule has 6 atom stereocenters. The van der Waals surface area contributed by atoms with Crippen molar-refractivity contribution in [2.75, 3.05) is 0 Å². The molecule has 0 bridgehead atoms. The highest BCUT2D eigenvalue weighted by atomic mass is 16.5. The molecule has 0 saturated heterocycles. The predicted octanol–water partition coefficient (Wildman–Crippen LogP) is 3.29. The number of carboxylic acids is 1. The van der Waals surface area contributed by atoms with Crippen molar-refractivity contribution in [3.8, 4) is 17.6 Å². The average Bonchev–Trinajstić information content (AvgIpc) is 3.19. The molecule has 5 nitrogen and oxygen atoms in total. The molecule has 0 spiro atoms. The summed E-state index contributed by atoms with van der Waals surface area (Å²) in [4.78, 5) is 10.8. The second kappa shape index (κ2) is 9.47. The van der Waals surface area contributed by atoms with Gasteiger partial charge in [-0.25, -0.2) is 0 Å². The van der Waals surface area contributed by atoms with Gasteiger partial charge in [-0.15, -0.1) is 11.8 Å². The lowest BCUT2D eigenvalue weighted by molar-refractivity contribution is -0.137. The maximum absolute atomic E-state index is 10.8. The van der Waals surface area contributed by atoms with Crippen LogP contribution in [0.4, 0.5) is 0 Å². The van der Waals surface area contributed by atoms with Gasteiger partial charge in [-0.3, -0.25) is 4.79 Å². The Hall–Kier alpha value is -2.29. The van der Waals surface area contributed by atoms with Gasteiger partial charge in [0.15, 0.2) is 0 Å². The van der Waals surface area contributed by atoms with E-state index in [0.29, 0.717) is 25.7 Å². The zero-order valence-electron chi connectivity index (χ0n) is 17.0. The van der Waals surface area contributed by atoms with Crippen LogP contribution >= 0.6 is 0 Å². The molecular formula is C24H30O5. The summed E-state index contributed by atoms with van der Waals surface area (Å²) in [5, 5.41) is 29.9. The van der Waals surface area contributed by atoms with Gasteiger partial charge in [-0.2, -0.15) is 0 Å². The fraction of sp³-hybridized carbons (Fsp3) is 0.542. The molecule has 0 radical (unpaired) electrons. The highest BCUT2D eigenvalue weighted by molar-refractivity contribution is 5.66. The summed E-state index contributed by atoms with van der Waals surface area (Å²) in [5.41, 5.74) is 2.11. The van der Waals surface area contributed by atoms with E-state index in [0.717, 1.165) is 16.9 Å². The number of aliphatic hydroxyl groups excluding tert-OH is 2. The predicted molar refractivity (Wildman–Crippen MR) is 111 cm³/mol. The summed E-state index contributed by atoms with van der Waals surface area (Å²) in [6, 6.07) is 6.01. The SMILES string of the molecule is CC#CCC(C)C(O)/C=C/C1C(O)CC2Oc3c(CCCC(=O)O)cccc3C21. The number of hydrogen-bond acceptors (Lipinski definition) is 4. The molecule has 3 rings (SSSR count). The number of aryl methyl sites for hydroxylation is 1. The average molecular weight is 398 g/mol. The second-order valence-corrected chi connectivity index (χ2v) is 8.13. The summed E-state index contributed by atoms with van der Waals surface area (Å²) >= 11 is 0. The zero-order chi connectivity index (χ0) is 21.0. The number of rotatable bonds is 8. The Morgan fingerprint density at radius 1 is 1.41 bits per heavy atom. The summed E-state index contributed by atoms with van der Waals surface area (Å²) in [6.07, 6.45) is 5.07. The first-order valence-electron chi connectivity index (χ1n) is 10.4. The lowest BCUT2D eigenvalue weighted by Crippen LogP contribution is -2.19. The van der Waals surface area contributed by atoms with Gasteiger partial charge in [0.25, 0.3) is 0 Å². The molecule has 0 aromatic heterocycles. The van der Waals surface area contributed by atoms with Crippen molar-refractivity contribution in [3.05, 3.63) is 41.5 Å². The number of fused-ring (bicyclic) bond motifs is 3. The Morgan fingerprint density at radius 3 is 2.93 bits per heavy atom. The molecule has 29 heavy (non-hydrogen) atoms. The minimum absolute atomic E-state index is 0.0287. The standard InChI is InChI=1S/C24H30O5/c1-3-4-7-15(2)19(25)13-12-17-20(26)14-21-23(17)18-10-5-8-16(24(18)29-21)9-6-11-22(27)28/h5,8,10,12-13,15,17,19-21,23,25-26H,6-7,9,11,14H2,1-2H3,(H,27,28)/b13-12+. The maximum Gasteiger partial charge on any atom is 0.303 e. The van der Waals surface area contributed by atoms with Crippen LogP contribution < -0.4 is 4.74 Å². The molecule has 1 aliphatic carbocycles. The first-order valence-corrected chi connectivity index (χ1v) is 10.4. The highest BCUT2D eigenvalue weighted by Crippen LogP contribution is 2.52. The van der Waals surface area contributed by atoms with Crippen LogP contribution in [0.15, 0.2) is 30.4 Å². The van der Waals surface area contributed by atoms with Gasteiger partial charge >= 0.3 is 5.97 Å². The van der Waals surface area contributed by atoms with Gasteiger partial charge in [-0.05, 0) is 31.2 Å². The van der Waals surface area contributed by atoms with Crippen molar-refractivity contribution in [2.45, 2.75) is 70.2 Å². The van der Waals surface area contributed by atoms with Gasteiger partial charge in [0.1, 0.15) is 11.9 Å². The van der Waals surface area contributed by atoms with Crippen LogP contribution in [0, 0.1) is 23.7 Å². The number of aliphatic hydroxyl groups is 2. The Kier molecular flexibility index (Phi) is 7.00. The Balaban J connectivity index is 1.75. The Labute approximate surface area is 172 Å². The summed E-state index contributed by atoms with van der Waals surface area (Å²) < 4.78 is 6.21. The van der Waals surface area contributed by atoms with E-state index in [-0.39, 0.29) is 30.3 Å². The molecule has 1 fully saturated rings. The molecule has 1 saturated carbocycles. The van der Waals surface area contributed by atoms with Crippen molar-refractivity contribution < 1.29 is 24.9 Å². The van der Waals surface area contributed by atoms with E-state index in [1.165, 1.54) is 0 Å². The van der Waals surface area contributed by atoms with Gasteiger partial charge < -0.3 is 20.1 Å². The molecule has 1 aromatic carbocycles. The fourth-order valence-corrected chi connectivity index (χ4v) is 4.41. The van der Waals surface area contributed by atoms with Gasteiger partial charge in [0, 0.05) is 36.7 Å². The van der Waals surface area contributed by atoms with Crippen LogP contribution in [0.3, 0.4) is 0 Å². The summed E-state index contributed by atoms with van der Waals surface area (Å²) in [6.45, 7) is 3.75. The monoisotopic (exact) mass is 398 g/mol. The largest absolute Gasteiger partial charge is 0.489 e. The van der Waals surface area contributed by atoms with Crippen molar-refractivity contribution in [2.24, 2.45) is 11.8 Å². The summed E-state index contributed by atoms with van der Waals surface area (Å²) in [7, 11) is 0. The Morgan fingerprint density at radius 2 is 2.21 bits per heavy atom. The lowest BCUT2D eigenvalue weighted by atomic mass is 9.86. The second-order valence-electron chi connectivity index (χ2n) is 8.13. The van der Waals surface area contributed by atoms with E-state index in [1.807, 2.05) is 31.2 Å². The van der Waals surface area contributed by atoms with Gasteiger partial charge in [0.2, 0.25) is 0 Å². The third kappa shape index (κ3) is 4.83. The minimum Gasteiger partial charge on any atom is -0.489 e. The quantitative estimate of drug-likeness (QED) is 0.462. The third-order valence-corrected chi connectivity index (χ3v) is 6.04. The van der Waals surface area contributed by atoms with Crippen LogP contribution in [-0.2, 0) is 11.2 Å². The molecule has 2 aliphatic rings. The number of benzene rings is 1. The fourth-order valence-electron chi connectivity index (χ4n) is 4.41. The molecular weight excluding hydrogens is 368 g/mol. The van der Waals surface area contributed by atoms with E-state index in [2.05, 4.69) is 11.8 Å². The zero-order valence-corrected chi connectivity index (χ0v) is 17.0. The van der Waals surface area contributed by atoms with E-state index < -0.39 is 18.2 Å². The third-order valence-electron chi connectivity index (χ3n) is 6.04. The molecule has 1 heterocycles. The smallest absolute Gasteiger partial charge is 0.303 e. The Bertz CT molecular complexity index is 818. The first kappa shape index (κ1) is 21.4. The van der Waals surface area contributed by atoms with E-state index in [1.54, 1.807) is 13.0 Å². The topological polar surface area (TPSA) is 87.0 Å². The molecule has 1 aromatic rings. The van der Waals surface area contributed by atoms with Crippen molar-refractivity contribution >= 4 is 5.97 Å². The van der Waals surface area contributed by atoms with Crippen LogP contribution in [0.2, 0.25) is 0 Å². The first-order chi connectivity index (χ1) is 13.9. The van der Waals surface area contributed by atoms with E-state index >= 15 is 0 Å². The number of para-hydroxylation sites is 1. The highest BCUT2D eigenvalue weighted by Gasteiger charge is 2.48. The molecule has 0 amide bonds. The molecule has 156 valence electrons. The van der Waals surface area contributed by atoms with Crippen LogP contribution in [0.25, 0.3) is 0 Å². The number of aliphatic carboxylic acids is 1. The van der Waals surface area contributed by atoms with Crippen molar-refractivity contribution in [1.82, 2.24) is 0 Å². The van der Waals surface area contributed by atoms with Crippen molar-refractivity contribution in [1.29, 1.82) is 0 Å². The molecule has 1 aliphatic heterocycles. The van der Waals surface area contributed by atoms with E-state index in [4.69, 9.17) is 9.84 Å². The van der Waals surface area contributed by atoms with Gasteiger partial charge in [0.05, 0.1) is 12.2 Å². The van der Waals surface area contributed by atoms with E-state index in [9.17, 15) is 15.0 Å². The number of ether oxygens (including phenoxy) is 1. The molecule has 5 heteroatoms. The lowest BCUT2D eigenvalue weighted by Gasteiger charge is -2.19. The van der Waals surface area contributed by atoms with Crippen LogP contribution in [0.5, 0.6) is 5.75 Å². The molecule has 6 unspecified atom stereocenters. The van der Waals surface area contributed by atoms with Crippen LogP contribution in [0.1, 0.15) is 56.6 Å². The number of hydrogen-bond donors (Lipinski definition) is 3. The van der Waals surface area contributed by atoms with Crippen LogP contribution in [-0.4, -0.2) is 39.6 Å².